The second kappa shape index (κ2) is 9.38. The van der Waals surface area contributed by atoms with Crippen molar-refractivity contribution in [1.82, 2.24) is 0 Å². The summed E-state index contributed by atoms with van der Waals surface area (Å²) in [7, 11) is 0. The molecule has 0 unspecified atom stereocenters. The lowest BCUT2D eigenvalue weighted by atomic mass is 9.70. The number of carboxylic acid groups (broad SMARTS) is 1. The van der Waals surface area contributed by atoms with Gasteiger partial charge in [-0.25, -0.2) is 4.79 Å². The summed E-state index contributed by atoms with van der Waals surface area (Å²) in [6, 6.07) is 17.8. The van der Waals surface area contributed by atoms with Crippen LogP contribution in [0.1, 0.15) is 74.5 Å². The molecule has 0 radical (unpaired) electrons. The third-order valence-electron chi connectivity index (χ3n) is 6.77. The van der Waals surface area contributed by atoms with Crippen molar-refractivity contribution in [2.24, 2.45) is 5.41 Å². The average molecular weight is 447 g/mol. The molecule has 0 amide bonds. The molecule has 0 bridgehead atoms. The highest BCUT2D eigenvalue weighted by atomic mass is 16.5. The molecule has 0 atom stereocenters. The molecule has 33 heavy (non-hydrogen) atoms. The van der Waals surface area contributed by atoms with E-state index in [4.69, 9.17) is 4.74 Å². The number of carboxylic acids is 1. The minimum Gasteiger partial charge on any atom is -0.486 e. The number of carbonyl (C=O) groups is 2. The van der Waals surface area contributed by atoms with Gasteiger partial charge in [0, 0.05) is 10.8 Å². The second-order valence-electron chi connectivity index (χ2n) is 9.81. The minimum atomic E-state index is -0.917. The highest BCUT2D eigenvalue weighted by Gasteiger charge is 2.31. The van der Waals surface area contributed by atoms with Crippen molar-refractivity contribution in [3.63, 3.8) is 0 Å². The maximum Gasteiger partial charge on any atom is 0.335 e. The van der Waals surface area contributed by atoms with E-state index in [2.05, 4.69) is 38.1 Å². The number of ether oxygens (including phenoxy) is 1. The van der Waals surface area contributed by atoms with E-state index in [9.17, 15) is 14.7 Å². The van der Waals surface area contributed by atoms with Crippen LogP contribution in [0.3, 0.4) is 0 Å². The Labute approximate surface area is 196 Å². The van der Waals surface area contributed by atoms with Gasteiger partial charge in [0.15, 0.2) is 5.78 Å². The highest BCUT2D eigenvalue weighted by molar-refractivity contribution is 5.94. The molecule has 1 N–H and O–H groups in total. The molecule has 0 aliphatic heterocycles. The van der Waals surface area contributed by atoms with Crippen molar-refractivity contribution in [1.29, 1.82) is 0 Å². The predicted octanol–water partition coefficient (Wildman–Crippen LogP) is 6.95. The predicted molar refractivity (Wildman–Crippen MR) is 133 cm³/mol. The molecule has 174 valence electrons. The largest absolute Gasteiger partial charge is 0.486 e. The van der Waals surface area contributed by atoms with Gasteiger partial charge in [-0.05, 0) is 65.4 Å². The number of hydrogen-bond acceptors (Lipinski definition) is 3. The van der Waals surface area contributed by atoms with E-state index in [1.54, 1.807) is 12.1 Å². The summed E-state index contributed by atoms with van der Waals surface area (Å²) < 4.78 is 5.86. The van der Waals surface area contributed by atoms with Crippen LogP contribution < -0.4 is 4.74 Å². The number of rotatable bonds is 8. The van der Waals surface area contributed by atoms with Gasteiger partial charge in [-0.15, -0.1) is 0 Å². The number of Topliss-reactive ketones (excluding diaryl/α,β-unsaturated/α-hetero) is 1. The van der Waals surface area contributed by atoms with Gasteiger partial charge in [-0.2, -0.15) is 0 Å². The number of fused-ring (bicyclic) bond motifs is 1. The first kappa shape index (κ1) is 24.5. The summed E-state index contributed by atoms with van der Waals surface area (Å²) in [5.74, 6) is -0.110. The van der Waals surface area contributed by atoms with E-state index < -0.39 is 11.4 Å². The third-order valence-corrected chi connectivity index (χ3v) is 6.77. The Balaban J connectivity index is 1.97. The third kappa shape index (κ3) is 4.95. The molecule has 3 aromatic rings. The summed E-state index contributed by atoms with van der Waals surface area (Å²) >= 11 is 0. The lowest BCUT2D eigenvalue weighted by Crippen LogP contribution is -2.27. The van der Waals surface area contributed by atoms with Crippen LogP contribution in [0.15, 0.2) is 54.6 Å². The molecular weight excluding hydrogens is 412 g/mol. The normalized spacial score (nSPS) is 12.1. The molecular formula is C29H34O4. The number of ketones is 1. The van der Waals surface area contributed by atoms with Crippen molar-refractivity contribution in [3.05, 3.63) is 76.9 Å². The van der Waals surface area contributed by atoms with Crippen molar-refractivity contribution >= 4 is 22.5 Å². The van der Waals surface area contributed by atoms with E-state index in [0.717, 1.165) is 34.9 Å². The van der Waals surface area contributed by atoms with Gasteiger partial charge in [-0.3, -0.25) is 4.79 Å². The Morgan fingerprint density at radius 3 is 2.00 bits per heavy atom. The Bertz CT molecular complexity index is 1180. The molecule has 3 rings (SSSR count). The van der Waals surface area contributed by atoms with Crippen LogP contribution in [-0.2, 0) is 10.2 Å². The van der Waals surface area contributed by atoms with Crippen molar-refractivity contribution in [2.45, 2.75) is 59.8 Å². The van der Waals surface area contributed by atoms with Gasteiger partial charge in [0.25, 0.3) is 0 Å². The lowest BCUT2D eigenvalue weighted by Gasteiger charge is -2.34. The molecule has 0 fully saturated rings. The van der Waals surface area contributed by atoms with Crippen LogP contribution in [0.25, 0.3) is 10.8 Å². The van der Waals surface area contributed by atoms with E-state index >= 15 is 0 Å². The van der Waals surface area contributed by atoms with Crippen LogP contribution in [-0.4, -0.2) is 23.5 Å². The average Bonchev–Trinajstić information content (AvgIpc) is 2.78. The van der Waals surface area contributed by atoms with Crippen LogP contribution in [0, 0.1) is 12.3 Å². The quantitative estimate of drug-likeness (QED) is 0.407. The van der Waals surface area contributed by atoms with Gasteiger partial charge in [0.2, 0.25) is 0 Å². The number of benzene rings is 3. The summed E-state index contributed by atoms with van der Waals surface area (Å²) in [4.78, 5) is 23.6. The molecule has 0 aromatic heterocycles. The first-order valence-corrected chi connectivity index (χ1v) is 11.6. The number of hydrogen-bond donors (Lipinski definition) is 1. The Morgan fingerprint density at radius 2 is 1.42 bits per heavy atom. The number of aromatic carboxylic acids is 1. The van der Waals surface area contributed by atoms with E-state index in [0.29, 0.717) is 5.56 Å². The zero-order chi connectivity index (χ0) is 24.4. The zero-order valence-electron chi connectivity index (χ0n) is 20.5. The summed E-state index contributed by atoms with van der Waals surface area (Å²) in [6.07, 6.45) is 1.84. The molecule has 0 heterocycles. The summed E-state index contributed by atoms with van der Waals surface area (Å²) in [5, 5.41) is 11.2. The maximum atomic E-state index is 12.3. The van der Waals surface area contributed by atoms with Gasteiger partial charge in [0.05, 0.1) is 5.56 Å². The monoisotopic (exact) mass is 446 g/mol. The fourth-order valence-corrected chi connectivity index (χ4v) is 4.38. The van der Waals surface area contributed by atoms with Crippen LogP contribution >= 0.6 is 0 Å². The number of carbonyl (C=O) groups excluding carboxylic acids is 1. The highest BCUT2D eigenvalue weighted by Crippen LogP contribution is 2.41. The van der Waals surface area contributed by atoms with Crippen molar-refractivity contribution in [3.8, 4) is 5.75 Å². The topological polar surface area (TPSA) is 63.6 Å². The molecule has 3 aromatic carbocycles. The molecule has 0 aliphatic rings. The molecule has 0 spiro atoms. The summed E-state index contributed by atoms with van der Waals surface area (Å²) in [5.41, 5.74) is 3.12. The first-order chi connectivity index (χ1) is 15.5. The second-order valence-corrected chi connectivity index (χ2v) is 9.81. The number of aryl methyl sites for hydroxylation is 1. The van der Waals surface area contributed by atoms with Crippen LogP contribution in [0.2, 0.25) is 0 Å². The van der Waals surface area contributed by atoms with Crippen LogP contribution in [0.4, 0.5) is 0 Å². The Kier molecular flexibility index (Phi) is 6.97. The van der Waals surface area contributed by atoms with E-state index in [1.807, 2.05) is 45.9 Å². The Morgan fingerprint density at radius 1 is 0.848 bits per heavy atom. The van der Waals surface area contributed by atoms with Gasteiger partial charge in [0.1, 0.15) is 12.4 Å². The summed E-state index contributed by atoms with van der Waals surface area (Å²) in [6.45, 7) is 12.2. The van der Waals surface area contributed by atoms with Gasteiger partial charge >= 0.3 is 5.97 Å². The molecule has 0 saturated carbocycles. The molecule has 4 heteroatoms. The standard InChI is InChI=1S/C29H34O4/c1-7-29(8-2,24-12-11-20-16-22(27(31)32)10-9-21(20)17-24)23-13-14-25(19(3)15-23)33-18-26(30)28(4,5)6/h9-17H,7-8,18H2,1-6H3,(H,31,32). The SMILES string of the molecule is CCC(CC)(c1ccc(OCC(=O)C(C)(C)C)c(C)c1)c1ccc2cc(C(=O)O)ccc2c1. The molecule has 0 aliphatic carbocycles. The lowest BCUT2D eigenvalue weighted by molar-refractivity contribution is -0.128. The van der Waals surface area contributed by atoms with Crippen LogP contribution in [0.5, 0.6) is 5.75 Å². The Hall–Kier alpha value is -3.14. The van der Waals surface area contributed by atoms with E-state index in [-0.39, 0.29) is 17.8 Å². The van der Waals surface area contributed by atoms with Gasteiger partial charge in [-0.1, -0.05) is 71.0 Å². The smallest absolute Gasteiger partial charge is 0.335 e. The zero-order valence-corrected chi connectivity index (χ0v) is 20.5. The minimum absolute atomic E-state index is 0.0688. The first-order valence-electron chi connectivity index (χ1n) is 11.6. The fourth-order valence-electron chi connectivity index (χ4n) is 4.38. The van der Waals surface area contributed by atoms with Crippen molar-refractivity contribution < 1.29 is 19.4 Å². The van der Waals surface area contributed by atoms with Crippen molar-refractivity contribution in [2.75, 3.05) is 6.61 Å². The maximum absolute atomic E-state index is 12.3. The van der Waals surface area contributed by atoms with E-state index in [1.165, 1.54) is 11.1 Å². The molecule has 4 nitrogen and oxygen atoms in total. The fraction of sp³-hybridized carbons (Fsp3) is 0.379. The van der Waals surface area contributed by atoms with Gasteiger partial charge < -0.3 is 9.84 Å². The molecule has 0 saturated heterocycles.